The molecule has 5 rings (SSSR count). The van der Waals surface area contributed by atoms with Crippen LogP contribution in [0.15, 0.2) is 114 Å². The van der Waals surface area contributed by atoms with E-state index in [9.17, 15) is 13.2 Å². The molecule has 1 N–H and O–H groups in total. The summed E-state index contributed by atoms with van der Waals surface area (Å²) in [6.45, 7) is 0.362. The van der Waals surface area contributed by atoms with Gasteiger partial charge in [-0.3, -0.25) is 4.79 Å². The van der Waals surface area contributed by atoms with Crippen LogP contribution >= 0.6 is 0 Å². The number of carbonyl (C=O) groups excluding carboxylic acids is 1. The second-order valence-electron chi connectivity index (χ2n) is 8.31. The summed E-state index contributed by atoms with van der Waals surface area (Å²) in [7, 11) is -3.85. The Hall–Kier alpha value is -3.74. The highest BCUT2D eigenvalue weighted by molar-refractivity contribution is 7.89. The maximum absolute atomic E-state index is 13.6. The zero-order chi connectivity index (χ0) is 23.5. The van der Waals surface area contributed by atoms with Crippen LogP contribution in [0.25, 0.3) is 11.1 Å². The Kier molecular flexibility index (Phi) is 6.01. The zero-order valence-corrected chi connectivity index (χ0v) is 19.3. The lowest BCUT2D eigenvalue weighted by Crippen LogP contribution is -2.52. The maximum atomic E-state index is 13.6. The highest BCUT2D eigenvalue weighted by Gasteiger charge is 2.36. The van der Waals surface area contributed by atoms with Gasteiger partial charge in [-0.15, -0.1) is 0 Å². The summed E-state index contributed by atoms with van der Waals surface area (Å²) in [4.78, 5) is 15.4. The van der Waals surface area contributed by atoms with Crippen molar-refractivity contribution in [1.29, 1.82) is 0 Å². The second-order valence-corrected chi connectivity index (χ2v) is 10.0. The molecule has 5 nitrogen and oxygen atoms in total. The van der Waals surface area contributed by atoms with Gasteiger partial charge < -0.3 is 4.90 Å². The van der Waals surface area contributed by atoms with Crippen LogP contribution in [0.2, 0.25) is 0 Å². The third kappa shape index (κ3) is 4.51. The Morgan fingerprint density at radius 3 is 2.06 bits per heavy atom. The van der Waals surface area contributed by atoms with Crippen LogP contribution < -0.4 is 9.62 Å². The monoisotopic (exact) mass is 468 g/mol. The first-order chi connectivity index (χ1) is 16.5. The van der Waals surface area contributed by atoms with Crippen molar-refractivity contribution < 1.29 is 13.2 Å². The molecular formula is C28H24N2O3S. The van der Waals surface area contributed by atoms with Gasteiger partial charge in [0.1, 0.15) is 6.04 Å². The van der Waals surface area contributed by atoms with Gasteiger partial charge >= 0.3 is 0 Å². The van der Waals surface area contributed by atoms with Crippen molar-refractivity contribution in [3.05, 3.63) is 120 Å². The largest absolute Gasteiger partial charge is 0.306 e. The van der Waals surface area contributed by atoms with E-state index < -0.39 is 16.1 Å². The lowest BCUT2D eigenvalue weighted by atomic mass is 9.93. The van der Waals surface area contributed by atoms with Crippen molar-refractivity contribution >= 4 is 21.6 Å². The average Bonchev–Trinajstić information content (AvgIpc) is 2.88. The van der Waals surface area contributed by atoms with E-state index in [1.807, 2.05) is 72.8 Å². The van der Waals surface area contributed by atoms with E-state index in [-0.39, 0.29) is 17.2 Å². The molecule has 1 atom stereocenters. The molecule has 4 aromatic carbocycles. The van der Waals surface area contributed by atoms with E-state index in [2.05, 4.69) is 10.8 Å². The summed E-state index contributed by atoms with van der Waals surface area (Å²) in [5.41, 5.74) is 4.80. The van der Waals surface area contributed by atoms with E-state index in [4.69, 9.17) is 0 Å². The van der Waals surface area contributed by atoms with Gasteiger partial charge in [0.15, 0.2) is 0 Å². The van der Waals surface area contributed by atoms with Crippen LogP contribution in [-0.4, -0.2) is 20.4 Å². The molecule has 1 heterocycles. The minimum Gasteiger partial charge on any atom is -0.306 e. The molecule has 6 heteroatoms. The third-order valence-electron chi connectivity index (χ3n) is 6.00. The van der Waals surface area contributed by atoms with E-state index in [1.165, 1.54) is 12.1 Å². The van der Waals surface area contributed by atoms with Crippen molar-refractivity contribution in [3.8, 4) is 11.1 Å². The van der Waals surface area contributed by atoms with Gasteiger partial charge in [-0.1, -0.05) is 84.9 Å². The third-order valence-corrected chi connectivity index (χ3v) is 7.49. The van der Waals surface area contributed by atoms with Crippen molar-refractivity contribution in [1.82, 2.24) is 4.72 Å². The van der Waals surface area contributed by atoms with E-state index in [0.29, 0.717) is 6.54 Å². The Morgan fingerprint density at radius 2 is 1.38 bits per heavy atom. The number of anilines is 1. The van der Waals surface area contributed by atoms with Crippen LogP contribution in [0.1, 0.15) is 11.1 Å². The van der Waals surface area contributed by atoms with Gasteiger partial charge in [0, 0.05) is 5.69 Å². The molecule has 0 fully saturated rings. The number of carbonyl (C=O) groups is 1. The van der Waals surface area contributed by atoms with Gasteiger partial charge in [-0.05, 0) is 52.9 Å². The molecule has 0 bridgehead atoms. The predicted octanol–water partition coefficient (Wildman–Crippen LogP) is 4.79. The molecular weight excluding hydrogens is 444 g/mol. The number of amides is 1. The van der Waals surface area contributed by atoms with Crippen molar-refractivity contribution in [2.24, 2.45) is 0 Å². The second kappa shape index (κ2) is 9.25. The van der Waals surface area contributed by atoms with Crippen LogP contribution in [0, 0.1) is 0 Å². The molecule has 0 aliphatic carbocycles. The molecule has 170 valence electrons. The fraction of sp³-hybridized carbons (Fsp3) is 0.107. The van der Waals surface area contributed by atoms with E-state index in [1.54, 1.807) is 23.1 Å². The van der Waals surface area contributed by atoms with Gasteiger partial charge in [-0.25, -0.2) is 8.42 Å². The van der Waals surface area contributed by atoms with Crippen LogP contribution in [-0.2, 0) is 27.8 Å². The molecule has 0 saturated heterocycles. The first kappa shape index (κ1) is 22.1. The Morgan fingerprint density at radius 1 is 0.765 bits per heavy atom. The quantitative estimate of drug-likeness (QED) is 0.442. The Balaban J connectivity index is 1.53. The average molecular weight is 469 g/mol. The summed E-state index contributed by atoms with van der Waals surface area (Å²) in [6, 6.07) is 33.0. The summed E-state index contributed by atoms with van der Waals surface area (Å²) < 4.78 is 28.7. The van der Waals surface area contributed by atoms with Crippen molar-refractivity contribution in [2.75, 3.05) is 4.90 Å². The number of hydrogen-bond acceptors (Lipinski definition) is 3. The molecule has 1 aliphatic rings. The molecule has 34 heavy (non-hydrogen) atoms. The number of nitrogens with one attached hydrogen (secondary N) is 1. The lowest BCUT2D eigenvalue weighted by molar-refractivity contribution is -0.120. The van der Waals surface area contributed by atoms with Gasteiger partial charge in [0.05, 0.1) is 11.4 Å². The highest BCUT2D eigenvalue weighted by atomic mass is 32.2. The normalized spacial score (nSPS) is 15.7. The zero-order valence-electron chi connectivity index (χ0n) is 18.5. The molecule has 0 spiro atoms. The molecule has 0 saturated carbocycles. The highest BCUT2D eigenvalue weighted by Crippen LogP contribution is 2.33. The van der Waals surface area contributed by atoms with Gasteiger partial charge in [0.2, 0.25) is 15.9 Å². The number of benzene rings is 4. The van der Waals surface area contributed by atoms with Crippen molar-refractivity contribution in [2.45, 2.75) is 23.9 Å². The standard InChI is InChI=1S/C28H24N2O3S/c31-28-26(29-34(32,33)25-14-8-3-9-15-25)19-24-18-23(22-12-6-2-7-13-22)16-17-27(24)30(28)20-21-10-4-1-5-11-21/h1-18,26,29H,19-20H2/t26-/m0/s1. The molecule has 1 amide bonds. The molecule has 4 aromatic rings. The van der Waals surface area contributed by atoms with E-state index in [0.717, 1.165) is 27.9 Å². The van der Waals surface area contributed by atoms with Crippen LogP contribution in [0.3, 0.4) is 0 Å². The van der Waals surface area contributed by atoms with Crippen LogP contribution in [0.4, 0.5) is 5.69 Å². The first-order valence-electron chi connectivity index (χ1n) is 11.1. The number of nitrogens with zero attached hydrogens (tertiary/aromatic N) is 1. The number of hydrogen-bond donors (Lipinski definition) is 1. The van der Waals surface area contributed by atoms with Gasteiger partial charge in [0.25, 0.3) is 0 Å². The first-order valence-corrected chi connectivity index (χ1v) is 12.6. The predicted molar refractivity (Wildman–Crippen MR) is 134 cm³/mol. The number of sulfonamides is 1. The van der Waals surface area contributed by atoms with Crippen LogP contribution in [0.5, 0.6) is 0 Å². The topological polar surface area (TPSA) is 66.5 Å². The lowest BCUT2D eigenvalue weighted by Gasteiger charge is -2.35. The minimum absolute atomic E-state index is 0.140. The maximum Gasteiger partial charge on any atom is 0.245 e. The number of fused-ring (bicyclic) bond motifs is 1. The fourth-order valence-electron chi connectivity index (χ4n) is 4.31. The number of rotatable bonds is 6. The summed E-state index contributed by atoms with van der Waals surface area (Å²) >= 11 is 0. The summed E-state index contributed by atoms with van der Waals surface area (Å²) in [5.74, 6) is -0.261. The Bertz CT molecular complexity index is 1410. The molecule has 0 unspecified atom stereocenters. The van der Waals surface area contributed by atoms with E-state index >= 15 is 0 Å². The molecule has 1 aliphatic heterocycles. The smallest absolute Gasteiger partial charge is 0.245 e. The molecule has 0 aromatic heterocycles. The fourth-order valence-corrected chi connectivity index (χ4v) is 5.52. The van der Waals surface area contributed by atoms with Gasteiger partial charge in [-0.2, -0.15) is 4.72 Å². The summed E-state index contributed by atoms with van der Waals surface area (Å²) in [6.07, 6.45) is 0.284. The summed E-state index contributed by atoms with van der Waals surface area (Å²) in [5, 5.41) is 0. The van der Waals surface area contributed by atoms with Crippen molar-refractivity contribution in [3.63, 3.8) is 0 Å². The SMILES string of the molecule is O=C1[C@@H](NS(=O)(=O)c2ccccc2)Cc2cc(-c3ccccc3)ccc2N1Cc1ccccc1. The Labute approximate surface area is 199 Å². The minimum atomic E-state index is -3.85. The molecule has 0 radical (unpaired) electrons.